The first-order valence-corrected chi connectivity index (χ1v) is 17.0. The van der Waals surface area contributed by atoms with Gasteiger partial charge in [-0.05, 0) is 54.5 Å². The van der Waals surface area contributed by atoms with Crippen molar-refractivity contribution in [2.45, 2.75) is 67.6 Å². The average Bonchev–Trinajstić information content (AvgIpc) is 3.25. The standard InChI is InChI=1S/C30H38N4O5S2/c1-20(2)12-17-33-28(36)26(40-29(33)21-8-10-24(11-9-21)41(3,38)39)18-27(35)32-15-13-23(14-16-32)34-19-22-6-4-5-7-25(22)31-30(34)37/h4-11,20,23,26,29H,12-19H2,1-3H3,(H,31,37). The molecule has 4 amide bonds. The maximum absolute atomic E-state index is 13.5. The van der Waals surface area contributed by atoms with E-state index in [4.69, 9.17) is 0 Å². The van der Waals surface area contributed by atoms with Crippen LogP contribution in [0.2, 0.25) is 0 Å². The van der Waals surface area contributed by atoms with Crippen LogP contribution in [0.15, 0.2) is 53.4 Å². The quantitative estimate of drug-likeness (QED) is 0.479. The first kappa shape index (κ1) is 29.4. The Morgan fingerprint density at radius 1 is 1.05 bits per heavy atom. The molecule has 0 aliphatic carbocycles. The van der Waals surface area contributed by atoms with Crippen LogP contribution in [0.4, 0.5) is 10.5 Å². The molecule has 0 radical (unpaired) electrons. The summed E-state index contributed by atoms with van der Waals surface area (Å²) in [6.07, 6.45) is 3.54. The molecule has 3 heterocycles. The number of urea groups is 1. The van der Waals surface area contributed by atoms with Gasteiger partial charge in [-0.1, -0.05) is 44.2 Å². The minimum atomic E-state index is -3.32. The fraction of sp³-hybridized carbons (Fsp3) is 0.500. The number of nitrogens with zero attached hydrogens (tertiary/aromatic N) is 3. The molecule has 0 bridgehead atoms. The van der Waals surface area contributed by atoms with Gasteiger partial charge in [0, 0.05) is 50.6 Å². The number of fused-ring (bicyclic) bond motifs is 1. The van der Waals surface area contributed by atoms with Gasteiger partial charge in [0.15, 0.2) is 9.84 Å². The summed E-state index contributed by atoms with van der Waals surface area (Å²) in [6.45, 7) is 6.47. The molecule has 2 saturated heterocycles. The van der Waals surface area contributed by atoms with Crippen LogP contribution < -0.4 is 5.32 Å². The van der Waals surface area contributed by atoms with E-state index in [0.29, 0.717) is 44.9 Å². The molecule has 2 aromatic carbocycles. The van der Waals surface area contributed by atoms with Gasteiger partial charge in [-0.2, -0.15) is 0 Å². The number of thioether (sulfide) groups is 1. The minimum Gasteiger partial charge on any atom is -0.342 e. The highest BCUT2D eigenvalue weighted by molar-refractivity contribution is 8.01. The molecular formula is C30H38N4O5S2. The zero-order chi connectivity index (χ0) is 29.3. The topological polar surface area (TPSA) is 107 Å². The lowest BCUT2D eigenvalue weighted by Gasteiger charge is -2.40. The van der Waals surface area contributed by atoms with Crippen LogP contribution in [-0.4, -0.2) is 78.1 Å². The molecular weight excluding hydrogens is 560 g/mol. The van der Waals surface area contributed by atoms with E-state index in [1.54, 1.807) is 24.3 Å². The van der Waals surface area contributed by atoms with Crippen LogP contribution in [0.25, 0.3) is 0 Å². The summed E-state index contributed by atoms with van der Waals surface area (Å²) in [6, 6.07) is 14.5. The van der Waals surface area contributed by atoms with E-state index < -0.39 is 15.1 Å². The lowest BCUT2D eigenvalue weighted by molar-refractivity contribution is -0.137. The molecule has 2 aromatic rings. The summed E-state index contributed by atoms with van der Waals surface area (Å²) in [5.41, 5.74) is 2.80. The first-order valence-electron chi connectivity index (χ1n) is 14.2. The summed E-state index contributed by atoms with van der Waals surface area (Å²) < 4.78 is 23.8. The Kier molecular flexibility index (Phi) is 8.65. The van der Waals surface area contributed by atoms with E-state index in [0.717, 1.165) is 23.2 Å². The Balaban J connectivity index is 1.21. The Morgan fingerprint density at radius 3 is 2.39 bits per heavy atom. The molecule has 0 aromatic heterocycles. The van der Waals surface area contributed by atoms with Gasteiger partial charge in [0.1, 0.15) is 5.37 Å². The van der Waals surface area contributed by atoms with Gasteiger partial charge in [-0.3, -0.25) is 9.59 Å². The molecule has 2 atom stereocenters. The number of carbonyl (C=O) groups excluding carboxylic acids is 3. The van der Waals surface area contributed by atoms with Crippen molar-refractivity contribution < 1.29 is 22.8 Å². The lowest BCUT2D eigenvalue weighted by atomic mass is 10.0. The number of amides is 4. The van der Waals surface area contributed by atoms with Crippen molar-refractivity contribution in [1.29, 1.82) is 0 Å². The third kappa shape index (κ3) is 6.56. The first-order chi connectivity index (χ1) is 19.5. The largest absolute Gasteiger partial charge is 0.342 e. The highest BCUT2D eigenvalue weighted by Crippen LogP contribution is 2.45. The molecule has 0 spiro atoms. The van der Waals surface area contributed by atoms with Crippen molar-refractivity contribution in [1.82, 2.24) is 14.7 Å². The van der Waals surface area contributed by atoms with Crippen LogP contribution in [0.1, 0.15) is 56.0 Å². The highest BCUT2D eigenvalue weighted by atomic mass is 32.2. The molecule has 2 fully saturated rings. The second-order valence-electron chi connectivity index (χ2n) is 11.6. The monoisotopic (exact) mass is 598 g/mol. The van der Waals surface area contributed by atoms with E-state index in [1.807, 2.05) is 39.0 Å². The van der Waals surface area contributed by atoms with Crippen molar-refractivity contribution in [2.75, 3.05) is 31.2 Å². The molecule has 1 N–H and O–H groups in total. The van der Waals surface area contributed by atoms with E-state index >= 15 is 0 Å². The molecule has 2 unspecified atom stereocenters. The molecule has 11 heteroatoms. The van der Waals surface area contributed by atoms with Crippen molar-refractivity contribution in [3.63, 3.8) is 0 Å². The van der Waals surface area contributed by atoms with Crippen molar-refractivity contribution in [3.05, 3.63) is 59.7 Å². The fourth-order valence-corrected chi connectivity index (χ4v) is 7.82. The van der Waals surface area contributed by atoms with Gasteiger partial charge in [0.2, 0.25) is 11.8 Å². The lowest BCUT2D eigenvalue weighted by Crippen LogP contribution is -2.51. The van der Waals surface area contributed by atoms with Crippen molar-refractivity contribution >= 4 is 45.1 Å². The Morgan fingerprint density at radius 2 is 1.73 bits per heavy atom. The number of nitrogens with one attached hydrogen (secondary N) is 1. The predicted octanol–water partition coefficient (Wildman–Crippen LogP) is 4.51. The van der Waals surface area contributed by atoms with Crippen LogP contribution in [0, 0.1) is 5.92 Å². The van der Waals surface area contributed by atoms with Crippen LogP contribution >= 0.6 is 11.8 Å². The van der Waals surface area contributed by atoms with E-state index in [1.165, 1.54) is 18.0 Å². The summed E-state index contributed by atoms with van der Waals surface area (Å²) >= 11 is 1.47. The number of piperidine rings is 1. The maximum Gasteiger partial charge on any atom is 0.322 e. The molecule has 41 heavy (non-hydrogen) atoms. The number of para-hydroxylation sites is 1. The van der Waals surface area contributed by atoms with Gasteiger partial charge in [0.25, 0.3) is 0 Å². The summed E-state index contributed by atoms with van der Waals surface area (Å²) in [7, 11) is -3.32. The molecule has 3 aliphatic rings. The number of likely N-dealkylation sites (tertiary alicyclic amines) is 1. The van der Waals surface area contributed by atoms with Gasteiger partial charge < -0.3 is 20.0 Å². The molecule has 3 aliphatic heterocycles. The number of rotatable bonds is 8. The Hall–Kier alpha value is -3.05. The maximum atomic E-state index is 13.5. The zero-order valence-electron chi connectivity index (χ0n) is 23.8. The highest BCUT2D eigenvalue weighted by Gasteiger charge is 2.43. The second-order valence-corrected chi connectivity index (χ2v) is 14.9. The van der Waals surface area contributed by atoms with Crippen LogP contribution in [-0.2, 0) is 26.0 Å². The molecule has 5 rings (SSSR count). The Bertz CT molecular complexity index is 1400. The van der Waals surface area contributed by atoms with Gasteiger partial charge >= 0.3 is 6.03 Å². The smallest absolute Gasteiger partial charge is 0.322 e. The number of benzene rings is 2. The SMILES string of the molecule is CC(C)CCN1C(=O)C(CC(=O)N2CCC(N3Cc4ccccc4NC3=O)CC2)SC1c1ccc(S(C)(=O)=O)cc1. The zero-order valence-corrected chi connectivity index (χ0v) is 25.4. The number of hydrogen-bond acceptors (Lipinski definition) is 6. The van der Waals surface area contributed by atoms with Gasteiger partial charge in [-0.15, -0.1) is 11.8 Å². The number of sulfone groups is 1. The number of hydrogen-bond donors (Lipinski definition) is 1. The van der Waals surface area contributed by atoms with Crippen LogP contribution in [0.5, 0.6) is 0 Å². The van der Waals surface area contributed by atoms with Gasteiger partial charge in [0.05, 0.1) is 10.1 Å². The molecule has 0 saturated carbocycles. The van der Waals surface area contributed by atoms with E-state index in [-0.39, 0.29) is 40.6 Å². The normalized spacial score (nSPS) is 21.8. The Labute approximate surface area is 246 Å². The number of anilines is 1. The van der Waals surface area contributed by atoms with E-state index in [9.17, 15) is 22.8 Å². The molecule has 9 nitrogen and oxygen atoms in total. The summed E-state index contributed by atoms with van der Waals surface area (Å²) in [5, 5.41) is 2.22. The fourth-order valence-electron chi connectivity index (χ4n) is 5.72. The predicted molar refractivity (Wildman–Crippen MR) is 160 cm³/mol. The molecule has 220 valence electrons. The van der Waals surface area contributed by atoms with Crippen LogP contribution in [0.3, 0.4) is 0 Å². The van der Waals surface area contributed by atoms with Gasteiger partial charge in [-0.25, -0.2) is 13.2 Å². The van der Waals surface area contributed by atoms with Crippen molar-refractivity contribution in [3.8, 4) is 0 Å². The summed E-state index contributed by atoms with van der Waals surface area (Å²) in [5.74, 6) is 0.331. The third-order valence-corrected chi connectivity index (χ3v) is 10.8. The third-order valence-electron chi connectivity index (χ3n) is 8.15. The number of carbonyl (C=O) groups is 3. The second kappa shape index (κ2) is 12.1. The average molecular weight is 599 g/mol. The minimum absolute atomic E-state index is 0.0419. The van der Waals surface area contributed by atoms with Crippen molar-refractivity contribution in [2.24, 2.45) is 5.92 Å². The summed E-state index contributed by atoms with van der Waals surface area (Å²) in [4.78, 5) is 45.4. The van der Waals surface area contributed by atoms with E-state index in [2.05, 4.69) is 19.2 Å².